The van der Waals surface area contributed by atoms with Crippen LogP contribution in [0.5, 0.6) is 0 Å². The zero-order valence-electron chi connectivity index (χ0n) is 15.0. The van der Waals surface area contributed by atoms with Gasteiger partial charge in [0.15, 0.2) is 11.5 Å². The summed E-state index contributed by atoms with van der Waals surface area (Å²) in [7, 11) is 0. The van der Waals surface area contributed by atoms with E-state index in [2.05, 4.69) is 39.8 Å². The van der Waals surface area contributed by atoms with Crippen molar-refractivity contribution >= 4 is 17.1 Å². The Morgan fingerprint density at radius 3 is 2.92 bits per heavy atom. The molecule has 1 atom stereocenters. The van der Waals surface area contributed by atoms with Crippen LogP contribution in [0, 0.1) is 6.92 Å². The monoisotopic (exact) mass is 347 g/mol. The number of aryl methyl sites for hydroxylation is 1. The van der Waals surface area contributed by atoms with Gasteiger partial charge in [0.2, 0.25) is 0 Å². The van der Waals surface area contributed by atoms with Gasteiger partial charge in [0.1, 0.15) is 0 Å². The summed E-state index contributed by atoms with van der Waals surface area (Å²) in [5.41, 5.74) is 6.18. The molecule has 1 saturated carbocycles. The fraction of sp³-hybridized carbons (Fsp3) is 0.400. The van der Waals surface area contributed by atoms with Crippen LogP contribution >= 0.6 is 0 Å². The molecule has 1 amide bonds. The maximum atomic E-state index is 13.1. The zero-order chi connectivity index (χ0) is 17.8. The van der Waals surface area contributed by atoms with Crippen LogP contribution in [-0.2, 0) is 6.42 Å². The molecule has 0 spiro atoms. The van der Waals surface area contributed by atoms with E-state index in [0.717, 1.165) is 23.2 Å². The third-order valence-corrected chi connectivity index (χ3v) is 5.73. The molecule has 3 aromatic rings. The first kappa shape index (κ1) is 15.5. The van der Waals surface area contributed by atoms with Gasteiger partial charge in [-0.3, -0.25) is 9.78 Å². The van der Waals surface area contributed by atoms with E-state index in [9.17, 15) is 4.79 Å². The van der Waals surface area contributed by atoms with E-state index in [0.29, 0.717) is 23.9 Å². The third-order valence-electron chi connectivity index (χ3n) is 5.73. The standard InChI is InChI=1S/C20H21N5O/c1-11-15(13-5-6-13)10-22-18-17(11)23-19(24-18)20(26)25-9-7-16-14(12(25)2)4-3-8-21-16/h3-4,8,10,12-13H,5-7,9H2,1-2H3,(H,22,23,24)/t12-/m1/s1. The summed E-state index contributed by atoms with van der Waals surface area (Å²) in [5.74, 6) is 0.931. The molecule has 26 heavy (non-hydrogen) atoms. The number of nitrogens with zero attached hydrogens (tertiary/aromatic N) is 4. The molecule has 132 valence electrons. The second-order valence-corrected chi connectivity index (χ2v) is 7.36. The van der Waals surface area contributed by atoms with Crippen LogP contribution in [0.1, 0.15) is 64.7 Å². The first-order chi connectivity index (χ1) is 12.6. The summed E-state index contributed by atoms with van der Waals surface area (Å²) in [5, 5.41) is 0. The number of fused-ring (bicyclic) bond motifs is 2. The van der Waals surface area contributed by atoms with E-state index in [4.69, 9.17) is 0 Å². The number of aromatic nitrogens is 4. The fourth-order valence-corrected chi connectivity index (χ4v) is 4.04. The number of aromatic amines is 1. The summed E-state index contributed by atoms with van der Waals surface area (Å²) in [6.07, 6.45) is 6.97. The predicted octanol–water partition coefficient (Wildman–Crippen LogP) is 3.30. The largest absolute Gasteiger partial charge is 0.332 e. The molecule has 3 aromatic heterocycles. The molecular formula is C20H21N5O. The van der Waals surface area contributed by atoms with Gasteiger partial charge in [0, 0.05) is 31.1 Å². The second-order valence-electron chi connectivity index (χ2n) is 7.36. The summed E-state index contributed by atoms with van der Waals surface area (Å²) >= 11 is 0. The van der Waals surface area contributed by atoms with Gasteiger partial charge in [0.05, 0.1) is 11.6 Å². The fourth-order valence-electron chi connectivity index (χ4n) is 4.04. The van der Waals surface area contributed by atoms with Crippen molar-refractivity contribution < 1.29 is 4.79 Å². The van der Waals surface area contributed by atoms with Crippen molar-refractivity contribution in [1.82, 2.24) is 24.8 Å². The van der Waals surface area contributed by atoms with Crippen LogP contribution in [0.3, 0.4) is 0 Å². The van der Waals surface area contributed by atoms with Crippen LogP contribution in [0.25, 0.3) is 11.2 Å². The summed E-state index contributed by atoms with van der Waals surface area (Å²) in [6.45, 7) is 4.80. The molecule has 5 rings (SSSR count). The Morgan fingerprint density at radius 2 is 2.12 bits per heavy atom. The van der Waals surface area contributed by atoms with E-state index in [1.165, 1.54) is 24.0 Å². The summed E-state index contributed by atoms with van der Waals surface area (Å²) < 4.78 is 0. The molecule has 1 N–H and O–H groups in total. The van der Waals surface area contributed by atoms with Crippen LogP contribution in [0.4, 0.5) is 0 Å². The Labute approximate surface area is 151 Å². The Bertz CT molecular complexity index is 1020. The number of imidazole rings is 1. The van der Waals surface area contributed by atoms with Crippen molar-refractivity contribution in [2.75, 3.05) is 6.54 Å². The molecule has 4 heterocycles. The van der Waals surface area contributed by atoms with E-state index in [1.54, 1.807) is 0 Å². The third kappa shape index (κ3) is 2.32. The predicted molar refractivity (Wildman–Crippen MR) is 98.0 cm³/mol. The Kier molecular flexibility index (Phi) is 3.35. The van der Waals surface area contributed by atoms with Crippen molar-refractivity contribution in [2.24, 2.45) is 0 Å². The topological polar surface area (TPSA) is 74.8 Å². The van der Waals surface area contributed by atoms with Crippen LogP contribution < -0.4 is 0 Å². The van der Waals surface area contributed by atoms with Crippen molar-refractivity contribution in [3.8, 4) is 0 Å². The number of pyridine rings is 2. The Hall–Kier alpha value is -2.76. The van der Waals surface area contributed by atoms with E-state index < -0.39 is 0 Å². The zero-order valence-corrected chi connectivity index (χ0v) is 15.0. The van der Waals surface area contributed by atoms with Crippen molar-refractivity contribution in [3.05, 3.63) is 52.7 Å². The van der Waals surface area contributed by atoms with Gasteiger partial charge >= 0.3 is 0 Å². The van der Waals surface area contributed by atoms with Crippen molar-refractivity contribution in [1.29, 1.82) is 0 Å². The average Bonchev–Trinajstić information content (AvgIpc) is 3.40. The Morgan fingerprint density at radius 1 is 1.27 bits per heavy atom. The van der Waals surface area contributed by atoms with Crippen molar-refractivity contribution in [2.45, 2.75) is 45.1 Å². The quantitative estimate of drug-likeness (QED) is 0.772. The van der Waals surface area contributed by atoms with Gasteiger partial charge in [-0.05, 0) is 55.4 Å². The molecule has 0 unspecified atom stereocenters. The molecule has 1 aliphatic carbocycles. The minimum absolute atomic E-state index is 0.00996. The van der Waals surface area contributed by atoms with E-state index in [-0.39, 0.29) is 11.9 Å². The summed E-state index contributed by atoms with van der Waals surface area (Å²) in [4.78, 5) is 31.7. The molecular weight excluding hydrogens is 326 g/mol. The highest BCUT2D eigenvalue weighted by Gasteiger charge is 2.31. The maximum Gasteiger partial charge on any atom is 0.290 e. The molecule has 0 bridgehead atoms. The van der Waals surface area contributed by atoms with Gasteiger partial charge in [-0.25, -0.2) is 9.97 Å². The van der Waals surface area contributed by atoms with Crippen molar-refractivity contribution in [3.63, 3.8) is 0 Å². The van der Waals surface area contributed by atoms with Gasteiger partial charge in [-0.1, -0.05) is 6.07 Å². The Balaban J connectivity index is 1.50. The molecule has 0 radical (unpaired) electrons. The first-order valence-electron chi connectivity index (χ1n) is 9.23. The molecule has 2 aliphatic rings. The minimum atomic E-state index is -0.0719. The molecule has 1 fully saturated rings. The molecule has 1 aliphatic heterocycles. The summed E-state index contributed by atoms with van der Waals surface area (Å²) in [6, 6.07) is 3.97. The number of hydrogen-bond acceptors (Lipinski definition) is 4. The second kappa shape index (κ2) is 5.62. The van der Waals surface area contributed by atoms with Gasteiger partial charge in [-0.15, -0.1) is 0 Å². The van der Waals surface area contributed by atoms with Crippen LogP contribution in [0.2, 0.25) is 0 Å². The highest BCUT2D eigenvalue weighted by molar-refractivity contribution is 5.94. The van der Waals surface area contributed by atoms with Gasteiger partial charge in [-0.2, -0.15) is 0 Å². The number of carbonyl (C=O) groups excluding carboxylic acids is 1. The lowest BCUT2D eigenvalue weighted by Gasteiger charge is -2.34. The van der Waals surface area contributed by atoms with E-state index >= 15 is 0 Å². The molecule has 0 saturated heterocycles. The number of carbonyl (C=O) groups is 1. The van der Waals surface area contributed by atoms with Crippen LogP contribution in [0.15, 0.2) is 24.5 Å². The maximum absolute atomic E-state index is 13.1. The molecule has 6 heteroatoms. The lowest BCUT2D eigenvalue weighted by molar-refractivity contribution is 0.0665. The highest BCUT2D eigenvalue weighted by atomic mass is 16.2. The van der Waals surface area contributed by atoms with Gasteiger partial charge < -0.3 is 9.88 Å². The number of nitrogens with one attached hydrogen (secondary N) is 1. The van der Waals surface area contributed by atoms with Crippen LogP contribution in [-0.4, -0.2) is 37.3 Å². The smallest absolute Gasteiger partial charge is 0.290 e. The number of H-pyrrole nitrogens is 1. The number of amides is 1. The lowest BCUT2D eigenvalue weighted by atomic mass is 9.98. The SMILES string of the molecule is Cc1c(C2CC2)cnc2nc(C(=O)N3CCc4ncccc4[C@H]3C)[nH]c12. The highest BCUT2D eigenvalue weighted by Crippen LogP contribution is 2.42. The normalized spacial score (nSPS) is 19.6. The average molecular weight is 347 g/mol. The minimum Gasteiger partial charge on any atom is -0.332 e. The molecule has 0 aromatic carbocycles. The lowest BCUT2D eigenvalue weighted by Crippen LogP contribution is -2.39. The van der Waals surface area contributed by atoms with E-state index in [1.807, 2.05) is 23.4 Å². The van der Waals surface area contributed by atoms with Gasteiger partial charge in [0.25, 0.3) is 5.91 Å². The molecule has 6 nitrogen and oxygen atoms in total. The number of rotatable bonds is 2. The number of hydrogen-bond donors (Lipinski definition) is 1. The first-order valence-corrected chi connectivity index (χ1v) is 9.23.